The van der Waals surface area contributed by atoms with Crippen molar-refractivity contribution in [1.29, 1.82) is 0 Å². The van der Waals surface area contributed by atoms with Crippen molar-refractivity contribution in [3.05, 3.63) is 35.2 Å². The van der Waals surface area contributed by atoms with E-state index in [2.05, 4.69) is 10.1 Å². The van der Waals surface area contributed by atoms with Crippen LogP contribution in [0.1, 0.15) is 21.8 Å². The Labute approximate surface area is 173 Å². The monoisotopic (exact) mass is 416 g/mol. The highest BCUT2D eigenvalue weighted by Crippen LogP contribution is 2.36. The Kier molecular flexibility index (Phi) is 5.79. The zero-order valence-electron chi connectivity index (χ0n) is 16.8. The van der Waals surface area contributed by atoms with Gasteiger partial charge in [0, 0.05) is 32.2 Å². The van der Waals surface area contributed by atoms with Crippen LogP contribution in [-0.2, 0) is 4.74 Å². The van der Waals surface area contributed by atoms with E-state index in [1.807, 2.05) is 19.1 Å². The molecule has 0 radical (unpaired) electrons. The molecule has 0 unspecified atom stereocenters. The fraction of sp³-hybridized carbons (Fsp3) is 0.450. The number of ether oxygens (including phenoxy) is 2. The molecule has 1 aromatic carbocycles. The minimum atomic E-state index is -0.241. The second kappa shape index (κ2) is 8.48. The predicted octanol–water partition coefficient (Wildman–Crippen LogP) is 2.89. The van der Waals surface area contributed by atoms with Gasteiger partial charge in [0.05, 0.1) is 30.7 Å². The van der Waals surface area contributed by atoms with Crippen molar-refractivity contribution >= 4 is 32.6 Å². The number of aromatic nitrogens is 2. The van der Waals surface area contributed by atoms with Crippen molar-refractivity contribution in [2.45, 2.75) is 13.8 Å². The molecule has 4 rings (SSSR count). The molecule has 1 fully saturated rings. The Bertz CT molecular complexity index is 1010. The van der Waals surface area contributed by atoms with Gasteiger partial charge >= 0.3 is 0 Å². The van der Waals surface area contributed by atoms with Crippen molar-refractivity contribution in [2.24, 2.45) is 0 Å². The van der Waals surface area contributed by atoms with E-state index >= 15 is 0 Å². The summed E-state index contributed by atoms with van der Waals surface area (Å²) < 4.78 is 17.1. The van der Waals surface area contributed by atoms with Crippen LogP contribution in [0.15, 0.2) is 22.7 Å². The number of carbonyl (C=O) groups is 1. The van der Waals surface area contributed by atoms with Crippen molar-refractivity contribution in [3.63, 3.8) is 0 Å². The van der Waals surface area contributed by atoms with Crippen LogP contribution >= 0.6 is 11.3 Å². The van der Waals surface area contributed by atoms with Gasteiger partial charge in [0.1, 0.15) is 11.3 Å². The average molecular weight is 417 g/mol. The molecule has 1 amide bonds. The normalized spacial score (nSPS) is 15.0. The number of carbonyl (C=O) groups excluding carboxylic acids is 1. The first-order valence-corrected chi connectivity index (χ1v) is 10.4. The Morgan fingerprint density at radius 3 is 2.79 bits per heavy atom. The highest BCUT2D eigenvalue weighted by atomic mass is 32.1. The fourth-order valence-electron chi connectivity index (χ4n) is 3.33. The molecular weight excluding hydrogens is 392 g/mol. The number of nitrogens with zero attached hydrogens (tertiary/aromatic N) is 4. The molecule has 8 nitrogen and oxygen atoms in total. The van der Waals surface area contributed by atoms with E-state index in [0.29, 0.717) is 36.3 Å². The van der Waals surface area contributed by atoms with Crippen LogP contribution in [0.25, 0.3) is 10.2 Å². The Morgan fingerprint density at radius 1 is 1.31 bits per heavy atom. The first-order valence-electron chi connectivity index (χ1n) is 9.56. The molecule has 1 aliphatic heterocycles. The molecule has 1 saturated heterocycles. The quantitative estimate of drug-likeness (QED) is 0.611. The predicted molar refractivity (Wildman–Crippen MR) is 111 cm³/mol. The van der Waals surface area contributed by atoms with Gasteiger partial charge in [0.2, 0.25) is 5.76 Å². The van der Waals surface area contributed by atoms with E-state index in [9.17, 15) is 4.79 Å². The molecule has 0 atom stereocenters. The van der Waals surface area contributed by atoms with Crippen LogP contribution in [0.2, 0.25) is 0 Å². The largest absolute Gasteiger partial charge is 0.494 e. The lowest BCUT2D eigenvalue weighted by molar-refractivity contribution is 0.0390. The van der Waals surface area contributed by atoms with Gasteiger partial charge in [-0.1, -0.05) is 22.6 Å². The number of methoxy groups -OCH3 is 1. The number of benzene rings is 1. The van der Waals surface area contributed by atoms with E-state index in [1.165, 1.54) is 11.3 Å². The first kappa shape index (κ1) is 19.8. The first-order chi connectivity index (χ1) is 14.1. The maximum absolute atomic E-state index is 13.2. The lowest BCUT2D eigenvalue weighted by atomic mass is 10.2. The zero-order valence-corrected chi connectivity index (χ0v) is 17.6. The van der Waals surface area contributed by atoms with E-state index < -0.39 is 0 Å². The molecule has 154 valence electrons. The molecule has 0 N–H and O–H groups in total. The number of rotatable bonds is 6. The summed E-state index contributed by atoms with van der Waals surface area (Å²) in [5, 5.41) is 4.49. The lowest BCUT2D eigenvalue weighted by Gasteiger charge is -2.28. The van der Waals surface area contributed by atoms with E-state index in [0.717, 1.165) is 35.4 Å². The van der Waals surface area contributed by atoms with E-state index in [4.69, 9.17) is 19.0 Å². The average Bonchev–Trinajstić information content (AvgIpc) is 3.36. The maximum Gasteiger partial charge on any atom is 0.298 e. The fourth-order valence-corrected chi connectivity index (χ4v) is 4.40. The molecule has 0 aliphatic carbocycles. The van der Waals surface area contributed by atoms with Crippen LogP contribution in [-0.4, -0.2) is 67.5 Å². The van der Waals surface area contributed by atoms with Gasteiger partial charge in [-0.2, -0.15) is 0 Å². The molecule has 0 saturated carbocycles. The van der Waals surface area contributed by atoms with Gasteiger partial charge in [0.15, 0.2) is 5.13 Å². The number of thiazole rings is 1. The van der Waals surface area contributed by atoms with Gasteiger partial charge in [0.25, 0.3) is 5.91 Å². The number of hydrogen-bond donors (Lipinski definition) is 0. The Hall–Kier alpha value is -2.49. The lowest BCUT2D eigenvalue weighted by Crippen LogP contribution is -2.43. The summed E-state index contributed by atoms with van der Waals surface area (Å²) in [7, 11) is 1.63. The number of fused-ring (bicyclic) bond motifs is 1. The van der Waals surface area contributed by atoms with Crippen LogP contribution in [0.5, 0.6) is 5.75 Å². The van der Waals surface area contributed by atoms with Gasteiger partial charge in [-0.3, -0.25) is 14.6 Å². The SMILES string of the molecule is COc1ccc(C)c2sc(N(CCN3CCOCC3)C(=O)c3cc(C)no3)nc12. The molecule has 0 spiro atoms. The van der Waals surface area contributed by atoms with E-state index in [1.54, 1.807) is 25.0 Å². The highest BCUT2D eigenvalue weighted by Gasteiger charge is 2.26. The summed E-state index contributed by atoms with van der Waals surface area (Å²) in [6, 6.07) is 5.56. The summed E-state index contributed by atoms with van der Waals surface area (Å²) >= 11 is 1.49. The molecule has 1 aliphatic rings. The van der Waals surface area contributed by atoms with E-state index in [-0.39, 0.29) is 11.7 Å². The molecule has 29 heavy (non-hydrogen) atoms. The number of amides is 1. The minimum absolute atomic E-state index is 0.215. The zero-order chi connectivity index (χ0) is 20.4. The van der Waals surface area contributed by atoms with Crippen molar-refractivity contribution in [3.8, 4) is 5.75 Å². The summed E-state index contributed by atoms with van der Waals surface area (Å²) in [5.74, 6) is 0.672. The van der Waals surface area contributed by atoms with Crippen LogP contribution in [0, 0.1) is 13.8 Å². The van der Waals surface area contributed by atoms with Crippen molar-refractivity contribution in [1.82, 2.24) is 15.0 Å². The summed E-state index contributed by atoms with van der Waals surface area (Å²) in [6.07, 6.45) is 0. The third-order valence-corrected chi connectivity index (χ3v) is 6.18. The molecule has 9 heteroatoms. The minimum Gasteiger partial charge on any atom is -0.494 e. The van der Waals surface area contributed by atoms with Crippen molar-refractivity contribution < 1.29 is 18.8 Å². The van der Waals surface area contributed by atoms with Gasteiger partial charge < -0.3 is 14.0 Å². The Morgan fingerprint density at radius 2 is 2.10 bits per heavy atom. The smallest absolute Gasteiger partial charge is 0.298 e. The molecule has 3 aromatic rings. The summed E-state index contributed by atoms with van der Waals surface area (Å²) in [6.45, 7) is 8.20. The van der Waals surface area contributed by atoms with Gasteiger partial charge in [-0.25, -0.2) is 4.98 Å². The molecular formula is C20H24N4O4S. The van der Waals surface area contributed by atoms with Crippen molar-refractivity contribution in [2.75, 3.05) is 51.4 Å². The summed E-state index contributed by atoms with van der Waals surface area (Å²) in [5.41, 5.74) is 2.54. The van der Waals surface area contributed by atoms with Gasteiger partial charge in [-0.05, 0) is 25.5 Å². The number of aryl methyl sites for hydroxylation is 2. The molecule has 3 heterocycles. The third kappa shape index (κ3) is 4.12. The van der Waals surface area contributed by atoms with Crippen LogP contribution in [0.4, 0.5) is 5.13 Å². The number of morpholine rings is 1. The third-order valence-electron chi connectivity index (χ3n) is 4.97. The number of hydrogen-bond acceptors (Lipinski definition) is 8. The second-order valence-electron chi connectivity index (χ2n) is 7.00. The standard InChI is InChI=1S/C20H24N4O4S/c1-13-4-5-15(26-3)17-18(13)29-20(21-17)24(7-6-23-8-10-27-11-9-23)19(25)16-12-14(2)22-28-16/h4-5,12H,6-11H2,1-3H3. The summed E-state index contributed by atoms with van der Waals surface area (Å²) in [4.78, 5) is 22.0. The van der Waals surface area contributed by atoms with Gasteiger partial charge in [-0.15, -0.1) is 0 Å². The maximum atomic E-state index is 13.2. The molecule has 2 aromatic heterocycles. The Balaban J connectivity index is 1.68. The van der Waals surface area contributed by atoms with Crippen LogP contribution in [0.3, 0.4) is 0 Å². The second-order valence-corrected chi connectivity index (χ2v) is 7.98. The van der Waals surface area contributed by atoms with Crippen LogP contribution < -0.4 is 9.64 Å². The highest BCUT2D eigenvalue weighted by molar-refractivity contribution is 7.22. The molecule has 0 bridgehead atoms. The topological polar surface area (TPSA) is 80.9 Å². The number of anilines is 1.